The average Bonchev–Trinajstić information content (AvgIpc) is 3.92. The summed E-state index contributed by atoms with van der Waals surface area (Å²) in [6, 6.07) is 2.78. The van der Waals surface area contributed by atoms with E-state index in [1.165, 1.54) is 103 Å². The molecule has 3 atom stereocenters. The van der Waals surface area contributed by atoms with Crippen molar-refractivity contribution in [3.05, 3.63) is 39.5 Å². The van der Waals surface area contributed by atoms with Crippen LogP contribution in [0.1, 0.15) is 158 Å². The Hall–Kier alpha value is 1.49. The topological polar surface area (TPSA) is 48.7 Å². The van der Waals surface area contributed by atoms with E-state index < -0.39 is 8.53 Å². The third kappa shape index (κ3) is 35.0. The maximum atomic E-state index is 8.52. The fourth-order valence-corrected chi connectivity index (χ4v) is 7.49. The van der Waals surface area contributed by atoms with Gasteiger partial charge >= 0.3 is 55.2 Å². The molecule has 5 nitrogen and oxygen atoms in total. The molecule has 0 aliphatic heterocycles. The number of hydrogen-bond acceptors (Lipinski definition) is 5. The van der Waals surface area contributed by atoms with Crippen LogP contribution in [0.3, 0.4) is 0 Å². The van der Waals surface area contributed by atoms with E-state index >= 15 is 0 Å². The van der Waals surface area contributed by atoms with Crippen molar-refractivity contribution in [2.24, 2.45) is 11.8 Å². The van der Waals surface area contributed by atoms with Crippen LogP contribution in [0.2, 0.25) is 0 Å². The van der Waals surface area contributed by atoms with Gasteiger partial charge in [0.05, 0.1) is 19.1 Å². The summed E-state index contributed by atoms with van der Waals surface area (Å²) < 4.78 is 13.6. The van der Waals surface area contributed by atoms with Gasteiger partial charge in [-0.05, 0) is 40.8 Å². The van der Waals surface area contributed by atoms with Crippen molar-refractivity contribution < 1.29 is 64.3 Å². The molecule has 0 saturated heterocycles. The van der Waals surface area contributed by atoms with Gasteiger partial charge in [0.1, 0.15) is 0 Å². The molecule has 4 saturated carbocycles. The molecule has 0 aromatic rings. The summed E-state index contributed by atoms with van der Waals surface area (Å²) >= 11 is 0. The van der Waals surface area contributed by atoms with Crippen molar-refractivity contribution >= 4 is 8.53 Å². The predicted octanol–water partition coefficient (Wildman–Crippen LogP) is 12.2. The normalized spacial score (nSPS) is 19.4. The van der Waals surface area contributed by atoms with Crippen molar-refractivity contribution in [2.45, 2.75) is 170 Å². The smallest absolute Gasteiger partial charge is 0.341 e. The van der Waals surface area contributed by atoms with Gasteiger partial charge in [-0.25, -0.2) is 4.67 Å². The maximum absolute atomic E-state index is 8.52. The van der Waals surface area contributed by atoms with Crippen LogP contribution in [0.15, 0.2) is 0 Å². The average molecular weight is 960 g/mol. The summed E-state index contributed by atoms with van der Waals surface area (Å²) in [7, 11) is -1.08. The molecule has 4 rings (SSSR count). The zero-order valence-corrected chi connectivity index (χ0v) is 39.1. The molecule has 0 radical (unpaired) electrons. The summed E-state index contributed by atoms with van der Waals surface area (Å²) in [6.45, 7) is 28.9. The molecule has 9 heteroatoms. The van der Waals surface area contributed by atoms with Crippen molar-refractivity contribution in [2.75, 3.05) is 32.8 Å². The van der Waals surface area contributed by atoms with Gasteiger partial charge in [0, 0.05) is 18.7 Å². The molecule has 292 valence electrons. The molecular formula is C40H78Fe2N3O2PW. The fourth-order valence-electron chi connectivity index (χ4n) is 5.86. The standard InChI is InChI=1S/C14H24N.C12H24N2O2P.2C5H9.2C2H6.2Fe.W/c1-2-15(11-13-7-3-4-8-13)12-14-9-5-6-10-14;1-6-9-15-17(16-10-7-8-13)14(11(2)3)12(4)5;2*1-2-4-5-3-1;2*1-2;;;/h3,9,13-14H,1-2,4-8,10-12H2;11-12H,1,6-7,9-10H2,2-5H3;2*1H,2-5H2;2*1-2H3;;;/q-3;3*-1;;;3*+2. The Kier molecular flexibility index (Phi) is 55.7. The van der Waals surface area contributed by atoms with E-state index in [9.17, 15) is 0 Å². The molecule has 0 spiro atoms. The summed E-state index contributed by atoms with van der Waals surface area (Å²) in [5, 5.41) is 8.52. The van der Waals surface area contributed by atoms with Crippen LogP contribution in [0.25, 0.3) is 0 Å². The van der Waals surface area contributed by atoms with Crippen LogP contribution < -0.4 is 0 Å². The van der Waals surface area contributed by atoms with Crippen molar-refractivity contribution in [1.29, 1.82) is 5.26 Å². The molecule has 49 heavy (non-hydrogen) atoms. The molecule has 4 aliphatic carbocycles. The summed E-state index contributed by atoms with van der Waals surface area (Å²) in [4.78, 5) is 2.57. The summed E-state index contributed by atoms with van der Waals surface area (Å²) in [6.07, 6.45) is 30.3. The Morgan fingerprint density at radius 1 is 0.755 bits per heavy atom. The molecule has 0 amide bonds. The van der Waals surface area contributed by atoms with Crippen LogP contribution in [0.5, 0.6) is 0 Å². The van der Waals surface area contributed by atoms with Gasteiger partial charge in [0.25, 0.3) is 8.53 Å². The first-order valence-electron chi connectivity index (χ1n) is 19.2. The van der Waals surface area contributed by atoms with Gasteiger partial charge in [0.2, 0.25) is 0 Å². The van der Waals surface area contributed by atoms with Crippen molar-refractivity contribution in [3.63, 3.8) is 0 Å². The van der Waals surface area contributed by atoms with Crippen LogP contribution in [0, 0.1) is 62.7 Å². The zero-order chi connectivity index (χ0) is 34.8. The second-order valence-electron chi connectivity index (χ2n) is 12.5. The van der Waals surface area contributed by atoms with Gasteiger partial charge in [-0.2, -0.15) is 62.5 Å². The second-order valence-corrected chi connectivity index (χ2v) is 14.0. The minimum absolute atomic E-state index is 0. The Morgan fingerprint density at radius 2 is 1.29 bits per heavy atom. The van der Waals surface area contributed by atoms with Gasteiger partial charge in [0.15, 0.2) is 0 Å². The third-order valence-corrected chi connectivity index (χ3v) is 10.1. The van der Waals surface area contributed by atoms with E-state index in [0.29, 0.717) is 31.7 Å². The molecule has 4 fully saturated rings. The molecule has 0 heterocycles. The molecule has 0 bridgehead atoms. The largest absolute Gasteiger partial charge is 2.00 e. The SMILES string of the molecule is CC.CC.[CH-]1CCCC1.[CH-]1CCCC1.[CH2-]CCOP(OCCC#N)N(C(C)C)C(C)C.[CH2-]CN(CC1[CH-]CCC1)CC1C[CH-]CC1.[Fe+2].[Fe+2].[W+2]. The van der Waals surface area contributed by atoms with Gasteiger partial charge in [-0.3, -0.25) is 0 Å². The van der Waals surface area contributed by atoms with Gasteiger partial charge in [-0.1, -0.05) is 78.6 Å². The molecule has 0 aromatic heterocycles. The molecule has 4 aliphatic rings. The minimum Gasteiger partial charge on any atom is -0.341 e. The van der Waals surface area contributed by atoms with E-state index in [4.69, 9.17) is 14.3 Å². The van der Waals surface area contributed by atoms with Gasteiger partial charge in [-0.15, -0.1) is 6.54 Å². The summed E-state index contributed by atoms with van der Waals surface area (Å²) in [5.74, 6) is 1.78. The summed E-state index contributed by atoms with van der Waals surface area (Å²) in [5.41, 5.74) is 0. The molecule has 0 N–H and O–H groups in total. The van der Waals surface area contributed by atoms with Crippen LogP contribution in [0.4, 0.5) is 0 Å². The number of nitriles is 1. The van der Waals surface area contributed by atoms with Crippen LogP contribution in [-0.4, -0.2) is 54.5 Å². The number of nitrogens with zero attached hydrogens (tertiary/aromatic N) is 3. The van der Waals surface area contributed by atoms with Crippen LogP contribution in [-0.2, 0) is 64.3 Å². The first-order chi connectivity index (χ1) is 22.4. The van der Waals surface area contributed by atoms with E-state index in [1.54, 1.807) is 0 Å². The third-order valence-electron chi connectivity index (χ3n) is 8.02. The second kappa shape index (κ2) is 45.6. The minimum atomic E-state index is -1.08. The van der Waals surface area contributed by atoms with E-state index in [2.05, 4.69) is 82.9 Å². The maximum Gasteiger partial charge on any atom is 2.00 e. The first kappa shape index (κ1) is 59.8. The zero-order valence-electron chi connectivity index (χ0n) is 33.1. The first-order valence-corrected chi connectivity index (χ1v) is 20.4. The van der Waals surface area contributed by atoms with Crippen molar-refractivity contribution in [1.82, 2.24) is 9.57 Å². The van der Waals surface area contributed by atoms with E-state index in [0.717, 1.165) is 24.8 Å². The number of hydrogen-bond donors (Lipinski definition) is 0. The quantitative estimate of drug-likeness (QED) is 0.0751. The molecule has 0 aromatic carbocycles. The monoisotopic (exact) mass is 959 g/mol. The Labute approximate surface area is 345 Å². The van der Waals surface area contributed by atoms with Crippen molar-refractivity contribution in [3.8, 4) is 6.07 Å². The predicted molar refractivity (Wildman–Crippen MR) is 204 cm³/mol. The Bertz CT molecular complexity index is 590. The van der Waals surface area contributed by atoms with Gasteiger partial charge < -0.3 is 53.5 Å². The number of rotatable bonds is 14. The fraction of sp³-hybridized carbons (Fsp3) is 0.825. The molecular weight excluding hydrogens is 881 g/mol. The van der Waals surface area contributed by atoms with E-state index in [1.807, 2.05) is 27.7 Å². The van der Waals surface area contributed by atoms with Crippen LogP contribution >= 0.6 is 8.53 Å². The molecule has 3 unspecified atom stereocenters. The Morgan fingerprint density at radius 3 is 1.63 bits per heavy atom. The van der Waals surface area contributed by atoms with E-state index in [-0.39, 0.29) is 55.2 Å². The Balaban J connectivity index is -0.000000182.